The highest BCUT2D eigenvalue weighted by atomic mass is 16.5. The molecule has 0 saturated heterocycles. The number of rotatable bonds is 9. The van der Waals surface area contributed by atoms with Crippen LogP contribution < -0.4 is 10.5 Å². The minimum atomic E-state index is 0.0740. The standard InChI is InChI=1S/C26H34N4O3/c1-17-6-5-7-21(16-23(17)24(27)28)26-29-25(30-33-26)20-9-8-19-15-22(11-10-18(19)14-20)32-13-4-3-12-31-2/h8-11,14-15,17,21,23H,3-7,12-13,16H2,1-2H3,(H3,27,28)/t17?,21-,23?/m1/s1. The maximum absolute atomic E-state index is 7.96. The van der Waals surface area contributed by atoms with Crippen LogP contribution in [0.3, 0.4) is 0 Å². The zero-order valence-electron chi connectivity index (χ0n) is 19.5. The Labute approximate surface area is 195 Å². The molecule has 4 rings (SSSR count). The monoisotopic (exact) mass is 450 g/mol. The van der Waals surface area contributed by atoms with Gasteiger partial charge >= 0.3 is 0 Å². The lowest BCUT2D eigenvalue weighted by molar-refractivity contribution is 0.184. The molecular weight excluding hydrogens is 416 g/mol. The van der Waals surface area contributed by atoms with Crippen molar-refractivity contribution in [1.82, 2.24) is 10.1 Å². The summed E-state index contributed by atoms with van der Waals surface area (Å²) >= 11 is 0. The van der Waals surface area contributed by atoms with Crippen LogP contribution in [-0.4, -0.2) is 36.3 Å². The predicted molar refractivity (Wildman–Crippen MR) is 130 cm³/mol. The van der Waals surface area contributed by atoms with Gasteiger partial charge in [0.05, 0.1) is 12.4 Å². The molecule has 1 saturated carbocycles. The average Bonchev–Trinajstić information content (AvgIpc) is 3.22. The zero-order valence-corrected chi connectivity index (χ0v) is 19.5. The van der Waals surface area contributed by atoms with E-state index in [2.05, 4.69) is 36.3 Å². The molecule has 3 N–H and O–H groups in total. The van der Waals surface area contributed by atoms with Gasteiger partial charge < -0.3 is 19.7 Å². The van der Waals surface area contributed by atoms with E-state index in [4.69, 9.17) is 30.1 Å². The van der Waals surface area contributed by atoms with Gasteiger partial charge in [0.25, 0.3) is 0 Å². The summed E-state index contributed by atoms with van der Waals surface area (Å²) in [5.74, 6) is 3.03. The van der Waals surface area contributed by atoms with E-state index in [1.165, 1.54) is 0 Å². The van der Waals surface area contributed by atoms with E-state index in [1.807, 2.05) is 12.1 Å². The highest BCUT2D eigenvalue weighted by molar-refractivity contribution is 5.87. The molecule has 0 amide bonds. The number of nitrogens with zero attached hydrogens (tertiary/aromatic N) is 2. The molecule has 3 atom stereocenters. The van der Waals surface area contributed by atoms with Crippen molar-refractivity contribution in [3.63, 3.8) is 0 Å². The Morgan fingerprint density at radius 2 is 1.91 bits per heavy atom. The highest BCUT2D eigenvalue weighted by Gasteiger charge is 2.31. The fourth-order valence-electron chi connectivity index (χ4n) is 4.71. The SMILES string of the molecule is COCCCCOc1ccc2cc(-c3noc([C@@H]4CCCC(C)C(C(=N)N)C4)n3)ccc2c1. The molecule has 0 spiro atoms. The summed E-state index contributed by atoms with van der Waals surface area (Å²) in [7, 11) is 1.72. The summed E-state index contributed by atoms with van der Waals surface area (Å²) < 4.78 is 16.6. The Bertz CT molecular complexity index is 1080. The lowest BCUT2D eigenvalue weighted by atomic mass is 9.86. The van der Waals surface area contributed by atoms with Crippen molar-refractivity contribution in [2.45, 2.75) is 51.4 Å². The van der Waals surface area contributed by atoms with Crippen molar-refractivity contribution in [3.05, 3.63) is 42.3 Å². The summed E-state index contributed by atoms with van der Waals surface area (Å²) in [6.07, 6.45) is 5.91. The second-order valence-electron chi connectivity index (χ2n) is 9.13. The van der Waals surface area contributed by atoms with Gasteiger partial charge in [-0.2, -0.15) is 4.98 Å². The van der Waals surface area contributed by atoms with E-state index in [1.54, 1.807) is 7.11 Å². The number of hydrogen-bond acceptors (Lipinski definition) is 6. The van der Waals surface area contributed by atoms with Crippen LogP contribution in [0.2, 0.25) is 0 Å². The van der Waals surface area contributed by atoms with Crippen LogP contribution >= 0.6 is 0 Å². The maximum atomic E-state index is 7.96. The molecule has 3 aromatic rings. The van der Waals surface area contributed by atoms with Crippen LogP contribution in [0.1, 0.15) is 57.3 Å². The van der Waals surface area contributed by atoms with Gasteiger partial charge in [-0.1, -0.05) is 36.7 Å². The number of methoxy groups -OCH3 is 1. The first-order chi connectivity index (χ1) is 16.0. The van der Waals surface area contributed by atoms with E-state index >= 15 is 0 Å². The highest BCUT2D eigenvalue weighted by Crippen LogP contribution is 2.37. The number of unbranched alkanes of at least 4 members (excludes halogenated alkanes) is 1. The van der Waals surface area contributed by atoms with E-state index in [0.717, 1.165) is 67.2 Å². The van der Waals surface area contributed by atoms with Crippen LogP contribution in [-0.2, 0) is 4.74 Å². The molecule has 7 nitrogen and oxygen atoms in total. The number of nitrogens with one attached hydrogen (secondary N) is 1. The number of amidine groups is 1. The smallest absolute Gasteiger partial charge is 0.230 e. The van der Waals surface area contributed by atoms with Crippen LogP contribution in [0.15, 0.2) is 40.9 Å². The van der Waals surface area contributed by atoms with Gasteiger partial charge in [0.1, 0.15) is 5.75 Å². The Hall–Kier alpha value is -2.93. The predicted octanol–water partition coefficient (Wildman–Crippen LogP) is 5.54. The van der Waals surface area contributed by atoms with E-state index in [-0.39, 0.29) is 17.7 Å². The van der Waals surface area contributed by atoms with Gasteiger partial charge in [-0.3, -0.25) is 5.41 Å². The molecule has 1 aliphatic carbocycles. The molecule has 0 radical (unpaired) electrons. The van der Waals surface area contributed by atoms with E-state index in [9.17, 15) is 0 Å². The van der Waals surface area contributed by atoms with Crippen LogP contribution in [0, 0.1) is 17.2 Å². The van der Waals surface area contributed by atoms with Gasteiger partial charge in [0.2, 0.25) is 11.7 Å². The Morgan fingerprint density at radius 3 is 2.73 bits per heavy atom. The lowest BCUT2D eigenvalue weighted by Gasteiger charge is -2.21. The molecule has 176 valence electrons. The normalized spacial score (nSPS) is 21.1. The van der Waals surface area contributed by atoms with Crippen LogP contribution in [0.5, 0.6) is 5.75 Å². The van der Waals surface area contributed by atoms with Gasteiger partial charge in [0, 0.05) is 31.1 Å². The fourth-order valence-corrected chi connectivity index (χ4v) is 4.71. The molecule has 1 fully saturated rings. The van der Waals surface area contributed by atoms with E-state index in [0.29, 0.717) is 24.2 Å². The van der Waals surface area contributed by atoms with Crippen molar-refractivity contribution in [2.24, 2.45) is 17.6 Å². The summed E-state index contributed by atoms with van der Waals surface area (Å²) in [6, 6.07) is 12.3. The average molecular weight is 451 g/mol. The minimum Gasteiger partial charge on any atom is -0.494 e. The zero-order chi connectivity index (χ0) is 23.2. The first-order valence-electron chi connectivity index (χ1n) is 11.9. The maximum Gasteiger partial charge on any atom is 0.230 e. The molecule has 0 aliphatic heterocycles. The lowest BCUT2D eigenvalue weighted by Crippen LogP contribution is -2.28. The van der Waals surface area contributed by atoms with E-state index < -0.39 is 0 Å². The molecule has 1 aromatic heterocycles. The van der Waals surface area contributed by atoms with Crippen LogP contribution in [0.4, 0.5) is 0 Å². The number of nitrogens with two attached hydrogens (primary N) is 1. The van der Waals surface area contributed by atoms with Gasteiger partial charge in [-0.05, 0) is 67.0 Å². The summed E-state index contributed by atoms with van der Waals surface area (Å²) in [4.78, 5) is 4.73. The number of hydrogen-bond donors (Lipinski definition) is 2. The Balaban J connectivity index is 1.46. The van der Waals surface area contributed by atoms with Crippen molar-refractivity contribution >= 4 is 16.6 Å². The molecule has 2 unspecified atom stereocenters. The topological polar surface area (TPSA) is 107 Å². The third-order valence-corrected chi connectivity index (χ3v) is 6.71. The van der Waals surface area contributed by atoms with Crippen molar-refractivity contribution in [3.8, 4) is 17.1 Å². The molecule has 0 bridgehead atoms. The van der Waals surface area contributed by atoms with Gasteiger partial charge in [-0.15, -0.1) is 0 Å². The first-order valence-corrected chi connectivity index (χ1v) is 11.9. The quantitative estimate of drug-likeness (QED) is 0.192. The first kappa shape index (κ1) is 23.2. The number of benzene rings is 2. The van der Waals surface area contributed by atoms with Crippen molar-refractivity contribution in [1.29, 1.82) is 5.41 Å². The van der Waals surface area contributed by atoms with Crippen molar-refractivity contribution < 1.29 is 14.0 Å². The Morgan fingerprint density at radius 1 is 1.12 bits per heavy atom. The third-order valence-electron chi connectivity index (χ3n) is 6.71. The number of ether oxygens (including phenoxy) is 2. The molecule has 1 aliphatic rings. The number of fused-ring (bicyclic) bond motifs is 1. The Kier molecular flexibility index (Phi) is 7.60. The second-order valence-corrected chi connectivity index (χ2v) is 9.13. The van der Waals surface area contributed by atoms with Gasteiger partial charge in [-0.25, -0.2) is 0 Å². The molecular formula is C26H34N4O3. The molecule has 7 heteroatoms. The number of aromatic nitrogens is 2. The summed E-state index contributed by atoms with van der Waals surface area (Å²) in [5.41, 5.74) is 6.80. The second kappa shape index (κ2) is 10.8. The largest absolute Gasteiger partial charge is 0.494 e. The van der Waals surface area contributed by atoms with Crippen LogP contribution in [0.25, 0.3) is 22.2 Å². The fraction of sp³-hybridized carbons (Fsp3) is 0.500. The van der Waals surface area contributed by atoms with Gasteiger partial charge in [0.15, 0.2) is 0 Å². The molecule has 1 heterocycles. The summed E-state index contributed by atoms with van der Waals surface area (Å²) in [6.45, 7) is 3.63. The minimum absolute atomic E-state index is 0.0740. The summed E-state index contributed by atoms with van der Waals surface area (Å²) in [5, 5.41) is 14.4. The van der Waals surface area contributed by atoms with Crippen molar-refractivity contribution in [2.75, 3.05) is 20.3 Å². The molecule has 2 aromatic carbocycles. The third kappa shape index (κ3) is 5.71. The molecule has 33 heavy (non-hydrogen) atoms.